The summed E-state index contributed by atoms with van der Waals surface area (Å²) in [5.74, 6) is 2.80. The summed E-state index contributed by atoms with van der Waals surface area (Å²) in [6, 6.07) is 20.3. The van der Waals surface area contributed by atoms with E-state index in [0.717, 1.165) is 50.0 Å². The zero-order valence-electron chi connectivity index (χ0n) is 17.6. The van der Waals surface area contributed by atoms with Gasteiger partial charge in [-0.2, -0.15) is 0 Å². The number of benzene rings is 2. The van der Waals surface area contributed by atoms with Gasteiger partial charge in [0.25, 0.3) is 0 Å². The van der Waals surface area contributed by atoms with E-state index in [0.29, 0.717) is 13.2 Å². The van der Waals surface area contributed by atoms with Crippen molar-refractivity contribution in [3.8, 4) is 5.75 Å². The summed E-state index contributed by atoms with van der Waals surface area (Å²) >= 11 is 0. The molecule has 1 aromatic heterocycles. The first-order chi connectivity index (χ1) is 14.8. The number of para-hydroxylation sites is 1. The van der Waals surface area contributed by atoms with E-state index in [9.17, 15) is 0 Å². The highest BCUT2D eigenvalue weighted by Crippen LogP contribution is 2.08. The third-order valence-electron chi connectivity index (χ3n) is 4.57. The van der Waals surface area contributed by atoms with Crippen molar-refractivity contribution >= 4 is 5.96 Å². The molecule has 0 aliphatic rings. The van der Waals surface area contributed by atoms with Crippen molar-refractivity contribution in [1.29, 1.82) is 0 Å². The van der Waals surface area contributed by atoms with E-state index in [1.54, 1.807) is 0 Å². The molecule has 0 aliphatic carbocycles. The van der Waals surface area contributed by atoms with Crippen LogP contribution in [0, 0.1) is 0 Å². The topological polar surface area (TPSA) is 63.5 Å². The van der Waals surface area contributed by atoms with Crippen LogP contribution in [0.25, 0.3) is 0 Å². The Morgan fingerprint density at radius 1 is 1.03 bits per heavy atom. The number of ether oxygens (including phenoxy) is 1. The lowest BCUT2D eigenvalue weighted by Gasteiger charge is -2.12. The van der Waals surface area contributed by atoms with Crippen LogP contribution in [0.5, 0.6) is 5.75 Å². The minimum absolute atomic E-state index is 0.657. The summed E-state index contributed by atoms with van der Waals surface area (Å²) in [5, 5.41) is 6.70. The molecule has 0 fully saturated rings. The molecule has 158 valence electrons. The second-order valence-electron chi connectivity index (χ2n) is 6.91. The number of nitrogens with zero attached hydrogens (tertiary/aromatic N) is 3. The lowest BCUT2D eigenvalue weighted by Crippen LogP contribution is -2.38. The molecule has 0 aliphatic heterocycles. The second-order valence-corrected chi connectivity index (χ2v) is 6.91. The Bertz CT molecular complexity index is 877. The maximum atomic E-state index is 5.72. The van der Waals surface area contributed by atoms with Gasteiger partial charge in [0.15, 0.2) is 5.96 Å². The quantitative estimate of drug-likeness (QED) is 0.291. The molecule has 0 amide bonds. The number of nitrogens with one attached hydrogen (secondary N) is 2. The Balaban J connectivity index is 1.41. The van der Waals surface area contributed by atoms with Gasteiger partial charge in [0, 0.05) is 51.4 Å². The summed E-state index contributed by atoms with van der Waals surface area (Å²) in [6.45, 7) is 5.88. The molecule has 0 saturated heterocycles. The van der Waals surface area contributed by atoms with Crippen LogP contribution in [0.1, 0.15) is 24.7 Å². The summed E-state index contributed by atoms with van der Waals surface area (Å²) in [6.07, 6.45) is 5.60. The van der Waals surface area contributed by atoms with E-state index in [2.05, 4.69) is 56.4 Å². The predicted molar refractivity (Wildman–Crippen MR) is 122 cm³/mol. The Morgan fingerprint density at radius 2 is 1.80 bits per heavy atom. The standard InChI is InChI=1S/C24H31N5O/c1-2-25-24(27-15-9-19-30-22-12-7-4-8-13-22)28-16-14-23-26-17-18-29(23)20-21-10-5-3-6-11-21/h3-8,10-13,17-18H,2,9,14-16,19-20H2,1H3,(H2,25,27,28). The number of guanidine groups is 1. The third-order valence-corrected chi connectivity index (χ3v) is 4.57. The van der Waals surface area contributed by atoms with Crippen molar-refractivity contribution in [3.05, 3.63) is 84.4 Å². The molecule has 0 spiro atoms. The van der Waals surface area contributed by atoms with Crippen molar-refractivity contribution in [2.75, 3.05) is 26.2 Å². The normalized spacial score (nSPS) is 11.3. The maximum absolute atomic E-state index is 5.72. The number of aliphatic imine (C=N–C) groups is 1. The third kappa shape index (κ3) is 7.28. The van der Waals surface area contributed by atoms with Crippen molar-refractivity contribution in [2.24, 2.45) is 4.99 Å². The Morgan fingerprint density at radius 3 is 2.57 bits per heavy atom. The highest BCUT2D eigenvalue weighted by molar-refractivity contribution is 5.79. The van der Waals surface area contributed by atoms with Gasteiger partial charge in [-0.15, -0.1) is 0 Å². The second kappa shape index (κ2) is 12.3. The fraction of sp³-hybridized carbons (Fsp3) is 0.333. The van der Waals surface area contributed by atoms with E-state index in [-0.39, 0.29) is 0 Å². The van der Waals surface area contributed by atoms with Gasteiger partial charge in [-0.3, -0.25) is 4.99 Å². The minimum Gasteiger partial charge on any atom is -0.494 e. The summed E-state index contributed by atoms with van der Waals surface area (Å²) in [7, 11) is 0. The molecule has 0 bridgehead atoms. The van der Waals surface area contributed by atoms with Crippen molar-refractivity contribution < 1.29 is 4.74 Å². The summed E-state index contributed by atoms with van der Waals surface area (Å²) in [5.41, 5.74) is 1.28. The van der Waals surface area contributed by atoms with Gasteiger partial charge < -0.3 is 19.9 Å². The minimum atomic E-state index is 0.657. The molecule has 3 rings (SSSR count). The first kappa shape index (κ1) is 21.4. The van der Waals surface area contributed by atoms with Crippen molar-refractivity contribution in [1.82, 2.24) is 20.2 Å². The van der Waals surface area contributed by atoms with E-state index >= 15 is 0 Å². The van der Waals surface area contributed by atoms with Gasteiger partial charge in [-0.25, -0.2) is 4.98 Å². The van der Waals surface area contributed by atoms with E-state index < -0.39 is 0 Å². The lowest BCUT2D eigenvalue weighted by atomic mass is 10.2. The summed E-state index contributed by atoms with van der Waals surface area (Å²) in [4.78, 5) is 9.16. The molecule has 6 heteroatoms. The fourth-order valence-electron chi connectivity index (χ4n) is 3.09. The van der Waals surface area contributed by atoms with Gasteiger partial charge in [0.2, 0.25) is 0 Å². The molecular formula is C24H31N5O. The van der Waals surface area contributed by atoms with E-state index in [1.165, 1.54) is 5.56 Å². The SMILES string of the molecule is CCNC(=NCCCOc1ccccc1)NCCc1nccn1Cc1ccccc1. The lowest BCUT2D eigenvalue weighted by molar-refractivity contribution is 0.313. The van der Waals surface area contributed by atoms with Crippen LogP contribution < -0.4 is 15.4 Å². The summed E-state index contributed by atoms with van der Waals surface area (Å²) < 4.78 is 7.92. The van der Waals surface area contributed by atoms with Gasteiger partial charge >= 0.3 is 0 Å². The molecule has 0 radical (unpaired) electrons. The molecule has 0 atom stereocenters. The monoisotopic (exact) mass is 405 g/mol. The van der Waals surface area contributed by atoms with Crippen LogP contribution in [0.4, 0.5) is 0 Å². The maximum Gasteiger partial charge on any atom is 0.191 e. The first-order valence-corrected chi connectivity index (χ1v) is 10.6. The molecule has 30 heavy (non-hydrogen) atoms. The molecule has 1 heterocycles. The Hall–Kier alpha value is -3.28. The average Bonchev–Trinajstić information content (AvgIpc) is 3.21. The number of hydrogen-bond donors (Lipinski definition) is 2. The van der Waals surface area contributed by atoms with Crippen LogP contribution in [-0.2, 0) is 13.0 Å². The fourth-order valence-corrected chi connectivity index (χ4v) is 3.09. The van der Waals surface area contributed by atoms with Crippen LogP contribution in [-0.4, -0.2) is 41.8 Å². The molecular weight excluding hydrogens is 374 g/mol. The number of rotatable bonds is 11. The largest absolute Gasteiger partial charge is 0.494 e. The molecule has 0 saturated carbocycles. The zero-order valence-corrected chi connectivity index (χ0v) is 17.6. The van der Waals surface area contributed by atoms with E-state index in [4.69, 9.17) is 4.74 Å². The Kier molecular flexibility index (Phi) is 8.80. The van der Waals surface area contributed by atoms with Crippen molar-refractivity contribution in [2.45, 2.75) is 26.3 Å². The highest BCUT2D eigenvalue weighted by atomic mass is 16.5. The molecule has 2 aromatic carbocycles. The highest BCUT2D eigenvalue weighted by Gasteiger charge is 2.04. The van der Waals surface area contributed by atoms with Gasteiger partial charge in [0.1, 0.15) is 11.6 Å². The van der Waals surface area contributed by atoms with Gasteiger partial charge in [0.05, 0.1) is 6.61 Å². The molecule has 0 unspecified atom stereocenters. The predicted octanol–water partition coefficient (Wildman–Crippen LogP) is 3.50. The molecule has 6 nitrogen and oxygen atoms in total. The van der Waals surface area contributed by atoms with Crippen LogP contribution in [0.15, 0.2) is 78.0 Å². The van der Waals surface area contributed by atoms with Crippen LogP contribution in [0.3, 0.4) is 0 Å². The molecule has 3 aromatic rings. The number of hydrogen-bond acceptors (Lipinski definition) is 3. The zero-order chi connectivity index (χ0) is 20.9. The van der Waals surface area contributed by atoms with E-state index in [1.807, 2.05) is 48.8 Å². The average molecular weight is 406 g/mol. The van der Waals surface area contributed by atoms with Gasteiger partial charge in [-0.05, 0) is 24.6 Å². The number of aromatic nitrogens is 2. The number of imidazole rings is 1. The van der Waals surface area contributed by atoms with Gasteiger partial charge in [-0.1, -0.05) is 48.5 Å². The smallest absolute Gasteiger partial charge is 0.191 e. The van der Waals surface area contributed by atoms with Crippen molar-refractivity contribution in [3.63, 3.8) is 0 Å². The van der Waals surface area contributed by atoms with Crippen LogP contribution >= 0.6 is 0 Å². The first-order valence-electron chi connectivity index (χ1n) is 10.6. The Labute approximate surface area is 179 Å². The molecule has 2 N–H and O–H groups in total. The van der Waals surface area contributed by atoms with Crippen LogP contribution in [0.2, 0.25) is 0 Å².